The van der Waals surface area contributed by atoms with Crippen molar-refractivity contribution in [2.45, 2.75) is 37.8 Å². The molecule has 2 N–H and O–H groups in total. The topological polar surface area (TPSA) is 110 Å². The van der Waals surface area contributed by atoms with Gasteiger partial charge in [-0.3, -0.25) is 8.98 Å². The first kappa shape index (κ1) is 16.6. The number of amides is 1. The molecule has 1 aromatic heterocycles. The van der Waals surface area contributed by atoms with E-state index in [0.717, 1.165) is 19.1 Å². The quantitative estimate of drug-likeness (QED) is 0.775. The van der Waals surface area contributed by atoms with E-state index < -0.39 is 10.1 Å². The number of carbonyl (C=O) groups is 1. The Bertz CT molecular complexity index is 637. The number of hydrogen-bond acceptors (Lipinski definition) is 7. The molecule has 0 radical (unpaired) electrons. The number of nitrogens with one attached hydrogen (secondary N) is 2. The maximum absolute atomic E-state index is 11.5. The summed E-state index contributed by atoms with van der Waals surface area (Å²) in [5, 5.41) is 5.69. The van der Waals surface area contributed by atoms with Crippen molar-refractivity contribution >= 4 is 22.0 Å². The van der Waals surface area contributed by atoms with Crippen LogP contribution in [-0.2, 0) is 14.3 Å². The zero-order chi connectivity index (χ0) is 16.2. The fourth-order valence-corrected chi connectivity index (χ4v) is 3.10. The van der Waals surface area contributed by atoms with Crippen LogP contribution in [0.15, 0.2) is 12.3 Å². The van der Waals surface area contributed by atoms with E-state index in [-0.39, 0.29) is 20.9 Å². The lowest BCUT2D eigenvalue weighted by atomic mass is 9.93. The predicted octanol–water partition coefficient (Wildman–Crippen LogP) is 1.03. The van der Waals surface area contributed by atoms with Crippen LogP contribution in [0.25, 0.3) is 0 Å². The summed E-state index contributed by atoms with van der Waals surface area (Å²) in [4.78, 5) is 19.8. The molecule has 8 nitrogen and oxygen atoms in total. The van der Waals surface area contributed by atoms with Crippen LogP contribution < -0.4 is 10.6 Å². The number of anilines is 1. The summed E-state index contributed by atoms with van der Waals surface area (Å²) in [6.45, 7) is 0. The second-order valence-corrected chi connectivity index (χ2v) is 6.86. The van der Waals surface area contributed by atoms with E-state index in [1.54, 1.807) is 13.1 Å². The SMILES string of the molecule is CNC(=O)c1ccnc(NC2CCC(OS(C)(=O)=O)CC2)n1.[HH].[HH]. The third-order valence-electron chi connectivity index (χ3n) is 3.43. The van der Waals surface area contributed by atoms with Crippen LogP contribution in [0, 0.1) is 0 Å². The molecule has 1 aromatic rings. The maximum Gasteiger partial charge on any atom is 0.269 e. The molecule has 9 heteroatoms. The Morgan fingerprint density at radius 3 is 2.64 bits per heavy atom. The van der Waals surface area contributed by atoms with Crippen molar-refractivity contribution in [2.75, 3.05) is 18.6 Å². The minimum absolute atomic E-state index is 0. The van der Waals surface area contributed by atoms with Crippen molar-refractivity contribution in [1.29, 1.82) is 0 Å². The van der Waals surface area contributed by atoms with Crippen molar-refractivity contribution in [3.63, 3.8) is 0 Å². The van der Waals surface area contributed by atoms with Gasteiger partial charge < -0.3 is 10.6 Å². The molecule has 0 aromatic carbocycles. The lowest BCUT2D eigenvalue weighted by molar-refractivity contribution is 0.0958. The highest BCUT2D eigenvalue weighted by molar-refractivity contribution is 7.86. The molecule has 1 aliphatic carbocycles. The van der Waals surface area contributed by atoms with Crippen molar-refractivity contribution in [3.05, 3.63) is 18.0 Å². The van der Waals surface area contributed by atoms with Gasteiger partial charge in [0.25, 0.3) is 16.0 Å². The van der Waals surface area contributed by atoms with Gasteiger partial charge in [-0.05, 0) is 31.7 Å². The highest BCUT2D eigenvalue weighted by Crippen LogP contribution is 2.24. The van der Waals surface area contributed by atoms with Crippen molar-refractivity contribution in [2.24, 2.45) is 0 Å². The van der Waals surface area contributed by atoms with E-state index in [1.807, 2.05) is 0 Å². The molecule has 1 amide bonds. The first-order valence-electron chi connectivity index (χ1n) is 7.07. The van der Waals surface area contributed by atoms with E-state index in [1.165, 1.54) is 6.20 Å². The summed E-state index contributed by atoms with van der Waals surface area (Å²) in [6.07, 6.45) is 5.15. The Morgan fingerprint density at radius 1 is 1.36 bits per heavy atom. The molecule has 1 heterocycles. The molecular formula is C13H24N4O4S. The highest BCUT2D eigenvalue weighted by atomic mass is 32.2. The molecule has 0 bridgehead atoms. The van der Waals surface area contributed by atoms with Crippen LogP contribution in [0.1, 0.15) is 39.0 Å². The van der Waals surface area contributed by atoms with E-state index in [9.17, 15) is 13.2 Å². The summed E-state index contributed by atoms with van der Waals surface area (Å²) in [5.74, 6) is 0.129. The molecular weight excluding hydrogens is 308 g/mol. The number of carbonyl (C=O) groups excluding carboxylic acids is 1. The van der Waals surface area contributed by atoms with Crippen molar-refractivity contribution < 1.29 is 20.2 Å². The number of nitrogens with zero attached hydrogens (tertiary/aromatic N) is 2. The van der Waals surface area contributed by atoms with Gasteiger partial charge in [-0.2, -0.15) is 8.42 Å². The van der Waals surface area contributed by atoms with Crippen LogP contribution in [0.3, 0.4) is 0 Å². The fourth-order valence-electron chi connectivity index (χ4n) is 2.42. The van der Waals surface area contributed by atoms with E-state index in [0.29, 0.717) is 24.5 Å². The van der Waals surface area contributed by atoms with E-state index >= 15 is 0 Å². The minimum atomic E-state index is -3.41. The van der Waals surface area contributed by atoms with Crippen molar-refractivity contribution in [3.8, 4) is 0 Å². The van der Waals surface area contributed by atoms with E-state index in [4.69, 9.17) is 4.18 Å². The van der Waals surface area contributed by atoms with Gasteiger partial charge in [0.05, 0.1) is 12.4 Å². The van der Waals surface area contributed by atoms with Gasteiger partial charge in [0, 0.05) is 22.1 Å². The Hall–Kier alpha value is -1.74. The fraction of sp³-hybridized carbons (Fsp3) is 0.615. The van der Waals surface area contributed by atoms with Crippen LogP contribution >= 0.6 is 0 Å². The lowest BCUT2D eigenvalue weighted by Gasteiger charge is -2.28. The standard InChI is InChI=1S/C13H20N4O4S.2H2/c1-14-12(18)11-7-8-15-13(17-11)16-9-3-5-10(6-4-9)21-22(2,19)20;;/h7-10H,3-6H2,1-2H3,(H,14,18)(H,15,16,17);2*1H. The van der Waals surface area contributed by atoms with Crippen LogP contribution in [-0.4, -0.2) is 49.7 Å². The normalized spacial score (nSPS) is 22.1. The second kappa shape index (κ2) is 7.01. The van der Waals surface area contributed by atoms with Gasteiger partial charge in [0.15, 0.2) is 0 Å². The predicted molar refractivity (Wildman–Crippen MR) is 85.2 cm³/mol. The molecule has 22 heavy (non-hydrogen) atoms. The molecule has 0 unspecified atom stereocenters. The Labute approximate surface area is 132 Å². The summed E-state index contributed by atoms with van der Waals surface area (Å²) in [6, 6.07) is 1.68. The van der Waals surface area contributed by atoms with Crippen LogP contribution in [0.5, 0.6) is 0 Å². The Balaban J connectivity index is 0.00000264. The molecule has 1 aliphatic rings. The van der Waals surface area contributed by atoms with Gasteiger partial charge in [-0.15, -0.1) is 0 Å². The molecule has 1 saturated carbocycles. The molecule has 126 valence electrons. The summed E-state index contributed by atoms with van der Waals surface area (Å²) in [5.41, 5.74) is 0.300. The molecule has 0 atom stereocenters. The highest BCUT2D eigenvalue weighted by Gasteiger charge is 2.25. The average Bonchev–Trinajstić information content (AvgIpc) is 2.47. The molecule has 0 spiro atoms. The smallest absolute Gasteiger partial charge is 0.269 e. The third-order valence-corrected chi connectivity index (χ3v) is 4.06. The largest absolute Gasteiger partial charge is 0.354 e. The second-order valence-electron chi connectivity index (χ2n) is 5.26. The molecule has 0 aliphatic heterocycles. The minimum Gasteiger partial charge on any atom is -0.354 e. The lowest BCUT2D eigenvalue weighted by Crippen LogP contribution is -2.31. The summed E-state index contributed by atoms with van der Waals surface area (Å²) < 4.78 is 27.2. The Morgan fingerprint density at radius 2 is 2.05 bits per heavy atom. The number of rotatable bonds is 5. The zero-order valence-corrected chi connectivity index (χ0v) is 13.4. The number of hydrogen-bond donors (Lipinski definition) is 2. The number of aromatic nitrogens is 2. The van der Waals surface area contributed by atoms with Gasteiger partial charge in [-0.1, -0.05) is 0 Å². The van der Waals surface area contributed by atoms with Gasteiger partial charge in [-0.25, -0.2) is 9.97 Å². The summed E-state index contributed by atoms with van der Waals surface area (Å²) >= 11 is 0. The van der Waals surface area contributed by atoms with Gasteiger partial charge >= 0.3 is 0 Å². The zero-order valence-electron chi connectivity index (χ0n) is 12.6. The Kier molecular flexibility index (Phi) is 5.30. The van der Waals surface area contributed by atoms with Gasteiger partial charge in [0.2, 0.25) is 5.95 Å². The monoisotopic (exact) mass is 332 g/mol. The van der Waals surface area contributed by atoms with Crippen LogP contribution in [0.2, 0.25) is 0 Å². The van der Waals surface area contributed by atoms with E-state index in [2.05, 4.69) is 20.6 Å². The average molecular weight is 332 g/mol. The molecule has 2 rings (SSSR count). The first-order chi connectivity index (χ1) is 10.4. The molecule has 1 fully saturated rings. The third kappa shape index (κ3) is 4.92. The maximum atomic E-state index is 11.5. The molecule has 0 saturated heterocycles. The first-order valence-corrected chi connectivity index (χ1v) is 8.89. The van der Waals surface area contributed by atoms with Gasteiger partial charge in [0.1, 0.15) is 5.69 Å². The summed E-state index contributed by atoms with van der Waals surface area (Å²) in [7, 11) is -1.87. The van der Waals surface area contributed by atoms with Crippen LogP contribution in [0.4, 0.5) is 5.95 Å². The van der Waals surface area contributed by atoms with Crippen molar-refractivity contribution in [1.82, 2.24) is 15.3 Å².